The Kier molecular flexibility index (Phi) is 2.14. The van der Waals surface area contributed by atoms with Crippen molar-refractivity contribution < 1.29 is 10.2 Å². The van der Waals surface area contributed by atoms with Gasteiger partial charge in [0, 0.05) is 5.39 Å². The summed E-state index contributed by atoms with van der Waals surface area (Å²) < 4.78 is 0. The van der Waals surface area contributed by atoms with Crippen LogP contribution in [0.4, 0.5) is 0 Å². The van der Waals surface area contributed by atoms with Crippen LogP contribution >= 0.6 is 0 Å². The monoisotopic (exact) mass is 188 g/mol. The average molecular weight is 188 g/mol. The second kappa shape index (κ2) is 3.31. The fourth-order valence-corrected chi connectivity index (χ4v) is 1.70. The highest BCUT2D eigenvalue weighted by molar-refractivity contribution is 5.91. The van der Waals surface area contributed by atoms with Crippen LogP contribution < -0.4 is 0 Å². The molecular weight excluding hydrogens is 176 g/mol. The number of aromatic hydroxyl groups is 1. The molecule has 0 heterocycles. The van der Waals surface area contributed by atoms with E-state index >= 15 is 0 Å². The van der Waals surface area contributed by atoms with Crippen molar-refractivity contribution in [2.24, 2.45) is 0 Å². The van der Waals surface area contributed by atoms with Gasteiger partial charge in [0.15, 0.2) is 0 Å². The van der Waals surface area contributed by atoms with Gasteiger partial charge in [-0.05, 0) is 23.9 Å². The standard InChI is InChI=1S/C12H12O2/c1-8(13)10-6-2-4-9-5-3-7-11(14)12(9)10/h2-8,13-14H,1H3. The Balaban J connectivity index is 2.84. The second-order valence-electron chi connectivity index (χ2n) is 3.40. The molecule has 2 nitrogen and oxygen atoms in total. The van der Waals surface area contributed by atoms with Gasteiger partial charge in [-0.2, -0.15) is 0 Å². The van der Waals surface area contributed by atoms with Gasteiger partial charge in [0.25, 0.3) is 0 Å². The van der Waals surface area contributed by atoms with Gasteiger partial charge in [-0.3, -0.25) is 0 Å². The van der Waals surface area contributed by atoms with E-state index in [4.69, 9.17) is 0 Å². The zero-order valence-corrected chi connectivity index (χ0v) is 7.94. The van der Waals surface area contributed by atoms with Crippen molar-refractivity contribution in [3.05, 3.63) is 42.0 Å². The number of fused-ring (bicyclic) bond motifs is 1. The van der Waals surface area contributed by atoms with Gasteiger partial charge in [-0.15, -0.1) is 0 Å². The third-order valence-corrected chi connectivity index (χ3v) is 2.37. The minimum atomic E-state index is -0.563. The first-order valence-electron chi connectivity index (χ1n) is 4.59. The largest absolute Gasteiger partial charge is 0.507 e. The lowest BCUT2D eigenvalue weighted by Gasteiger charge is -2.10. The quantitative estimate of drug-likeness (QED) is 0.722. The van der Waals surface area contributed by atoms with Crippen LogP contribution in [0.15, 0.2) is 36.4 Å². The maximum Gasteiger partial charge on any atom is 0.123 e. The number of aliphatic hydroxyl groups excluding tert-OH is 1. The van der Waals surface area contributed by atoms with E-state index in [9.17, 15) is 10.2 Å². The summed E-state index contributed by atoms with van der Waals surface area (Å²) in [5.41, 5.74) is 0.764. The Bertz CT molecular complexity index is 456. The Morgan fingerprint density at radius 3 is 2.36 bits per heavy atom. The zero-order chi connectivity index (χ0) is 10.1. The average Bonchev–Trinajstić information content (AvgIpc) is 2.17. The van der Waals surface area contributed by atoms with Crippen LogP contribution in [0, 0.1) is 0 Å². The van der Waals surface area contributed by atoms with Crippen LogP contribution in [0.1, 0.15) is 18.6 Å². The van der Waals surface area contributed by atoms with Gasteiger partial charge in [0.1, 0.15) is 5.75 Å². The Hall–Kier alpha value is -1.54. The zero-order valence-electron chi connectivity index (χ0n) is 7.94. The normalized spacial score (nSPS) is 13.0. The van der Waals surface area contributed by atoms with E-state index in [1.54, 1.807) is 19.1 Å². The summed E-state index contributed by atoms with van der Waals surface area (Å²) in [4.78, 5) is 0. The highest BCUT2D eigenvalue weighted by Gasteiger charge is 2.08. The molecular formula is C12H12O2. The number of hydrogen-bond donors (Lipinski definition) is 2. The van der Waals surface area contributed by atoms with Gasteiger partial charge in [-0.1, -0.05) is 30.3 Å². The second-order valence-corrected chi connectivity index (χ2v) is 3.40. The number of aliphatic hydroxyl groups is 1. The fraction of sp³-hybridized carbons (Fsp3) is 0.167. The van der Waals surface area contributed by atoms with Crippen molar-refractivity contribution in [2.45, 2.75) is 13.0 Å². The van der Waals surface area contributed by atoms with E-state index < -0.39 is 6.10 Å². The molecule has 72 valence electrons. The first-order chi connectivity index (χ1) is 6.70. The maximum absolute atomic E-state index is 9.69. The number of benzene rings is 2. The maximum atomic E-state index is 9.69. The molecule has 2 heteroatoms. The minimum Gasteiger partial charge on any atom is -0.507 e. The van der Waals surface area contributed by atoms with Crippen LogP contribution in [0.25, 0.3) is 10.8 Å². The molecule has 2 aromatic rings. The highest BCUT2D eigenvalue weighted by atomic mass is 16.3. The fourth-order valence-electron chi connectivity index (χ4n) is 1.70. The first-order valence-corrected chi connectivity index (χ1v) is 4.59. The van der Waals surface area contributed by atoms with Crippen LogP contribution in [0.5, 0.6) is 5.75 Å². The summed E-state index contributed by atoms with van der Waals surface area (Å²) in [6.45, 7) is 1.70. The van der Waals surface area contributed by atoms with Crippen LogP contribution in [-0.2, 0) is 0 Å². The molecule has 0 bridgehead atoms. The van der Waals surface area contributed by atoms with Crippen molar-refractivity contribution in [2.75, 3.05) is 0 Å². The smallest absolute Gasteiger partial charge is 0.123 e. The van der Waals surface area contributed by atoms with E-state index in [0.29, 0.717) is 0 Å². The van der Waals surface area contributed by atoms with Crippen molar-refractivity contribution in [3.63, 3.8) is 0 Å². The molecule has 0 aromatic heterocycles. The van der Waals surface area contributed by atoms with Crippen LogP contribution in [0.2, 0.25) is 0 Å². The molecule has 0 aliphatic carbocycles. The number of rotatable bonds is 1. The molecule has 0 aliphatic heterocycles. The van der Waals surface area contributed by atoms with Gasteiger partial charge in [-0.25, -0.2) is 0 Å². The lowest BCUT2D eigenvalue weighted by atomic mass is 10.0. The molecule has 0 saturated carbocycles. The van der Waals surface area contributed by atoms with Gasteiger partial charge in [0.2, 0.25) is 0 Å². The Labute approximate surface area is 82.4 Å². The first kappa shape index (κ1) is 9.03. The number of hydrogen-bond acceptors (Lipinski definition) is 2. The number of phenolic OH excluding ortho intramolecular Hbond substituents is 1. The molecule has 2 N–H and O–H groups in total. The van der Waals surface area contributed by atoms with Gasteiger partial charge in [0.05, 0.1) is 6.10 Å². The van der Waals surface area contributed by atoms with E-state index in [1.807, 2.05) is 24.3 Å². The topological polar surface area (TPSA) is 40.5 Å². The highest BCUT2D eigenvalue weighted by Crippen LogP contribution is 2.31. The molecule has 1 unspecified atom stereocenters. The van der Waals surface area contributed by atoms with Crippen LogP contribution in [-0.4, -0.2) is 10.2 Å². The molecule has 14 heavy (non-hydrogen) atoms. The lowest BCUT2D eigenvalue weighted by molar-refractivity contribution is 0.200. The molecule has 0 radical (unpaired) electrons. The Morgan fingerprint density at radius 2 is 1.71 bits per heavy atom. The molecule has 0 saturated heterocycles. The van der Waals surface area contributed by atoms with E-state index in [0.717, 1.165) is 16.3 Å². The summed E-state index contributed by atoms with van der Waals surface area (Å²) in [5.74, 6) is 0.221. The van der Waals surface area contributed by atoms with Crippen molar-refractivity contribution in [1.82, 2.24) is 0 Å². The predicted molar refractivity (Wildman–Crippen MR) is 56.2 cm³/mol. The molecule has 0 aliphatic rings. The minimum absolute atomic E-state index is 0.221. The Morgan fingerprint density at radius 1 is 1.07 bits per heavy atom. The summed E-state index contributed by atoms with van der Waals surface area (Å²) in [7, 11) is 0. The van der Waals surface area contributed by atoms with Gasteiger partial charge < -0.3 is 10.2 Å². The molecule has 2 rings (SSSR count). The number of phenols is 1. The third kappa shape index (κ3) is 1.34. The summed E-state index contributed by atoms with van der Waals surface area (Å²) >= 11 is 0. The summed E-state index contributed by atoms with van der Waals surface area (Å²) in [6.07, 6.45) is -0.563. The van der Waals surface area contributed by atoms with Crippen molar-refractivity contribution >= 4 is 10.8 Å². The van der Waals surface area contributed by atoms with E-state index in [1.165, 1.54) is 0 Å². The van der Waals surface area contributed by atoms with Crippen molar-refractivity contribution in [3.8, 4) is 5.75 Å². The molecule has 0 fully saturated rings. The summed E-state index contributed by atoms with van der Waals surface area (Å²) in [6, 6.07) is 11.0. The SMILES string of the molecule is CC(O)c1cccc2cccc(O)c12. The lowest BCUT2D eigenvalue weighted by Crippen LogP contribution is -1.92. The third-order valence-electron chi connectivity index (χ3n) is 2.37. The van der Waals surface area contributed by atoms with E-state index in [2.05, 4.69) is 0 Å². The summed E-state index contributed by atoms with van der Waals surface area (Å²) in [5, 5.41) is 20.9. The van der Waals surface area contributed by atoms with Gasteiger partial charge >= 0.3 is 0 Å². The van der Waals surface area contributed by atoms with E-state index in [-0.39, 0.29) is 5.75 Å². The molecule has 1 atom stereocenters. The van der Waals surface area contributed by atoms with Crippen molar-refractivity contribution in [1.29, 1.82) is 0 Å². The predicted octanol–water partition coefficient (Wildman–Crippen LogP) is 2.60. The molecule has 0 spiro atoms. The molecule has 0 amide bonds. The van der Waals surface area contributed by atoms with Crippen LogP contribution in [0.3, 0.4) is 0 Å². The molecule has 2 aromatic carbocycles.